The topological polar surface area (TPSA) is 73.4 Å². The van der Waals surface area contributed by atoms with E-state index < -0.39 is 0 Å². The van der Waals surface area contributed by atoms with Gasteiger partial charge in [0.25, 0.3) is 5.56 Å². The van der Waals surface area contributed by atoms with Gasteiger partial charge in [-0.2, -0.15) is 5.26 Å². The number of rotatable bonds is 2. The molecule has 0 bridgehead atoms. The van der Waals surface area contributed by atoms with Crippen LogP contribution in [0.15, 0.2) is 34.1 Å². The number of pyridine rings is 1. The van der Waals surface area contributed by atoms with Gasteiger partial charge in [0.1, 0.15) is 11.7 Å². The average molecular weight is 332 g/mol. The molecule has 1 aliphatic rings. The molecule has 0 spiro atoms. The van der Waals surface area contributed by atoms with Crippen LogP contribution in [-0.4, -0.2) is 21.6 Å². The Morgan fingerprint density at radius 2 is 2.04 bits per heavy atom. The zero-order chi connectivity index (χ0) is 17.4. The summed E-state index contributed by atoms with van der Waals surface area (Å²) in [4.78, 5) is 21.0. The lowest BCUT2D eigenvalue weighted by atomic mass is 9.96. The van der Waals surface area contributed by atoms with Crippen LogP contribution >= 0.6 is 0 Å². The number of imidazole rings is 1. The minimum atomic E-state index is -0.122. The summed E-state index contributed by atoms with van der Waals surface area (Å²) < 4.78 is 1.60. The number of aromatic amines is 1. The Kier molecular flexibility index (Phi) is 3.89. The predicted molar refractivity (Wildman–Crippen MR) is 99.4 cm³/mol. The van der Waals surface area contributed by atoms with Crippen molar-refractivity contribution in [1.29, 1.82) is 5.26 Å². The lowest BCUT2D eigenvalue weighted by Gasteiger charge is -2.17. The van der Waals surface area contributed by atoms with Crippen molar-refractivity contribution < 1.29 is 0 Å². The number of nitrogens with one attached hydrogen (secondary N) is 1. The van der Waals surface area contributed by atoms with Gasteiger partial charge in [-0.15, -0.1) is 0 Å². The molecule has 5 nitrogen and oxygen atoms in total. The highest BCUT2D eigenvalue weighted by molar-refractivity contribution is 5.88. The highest BCUT2D eigenvalue weighted by Crippen LogP contribution is 2.22. The van der Waals surface area contributed by atoms with Gasteiger partial charge in [-0.3, -0.25) is 14.2 Å². The molecule has 126 valence electrons. The molecule has 5 heteroatoms. The number of nitrogens with zero attached hydrogens (tertiary/aromatic N) is 3. The molecule has 1 N–H and O–H groups in total. The number of hydrogen-bond acceptors (Lipinski definition) is 3. The predicted octanol–water partition coefficient (Wildman–Crippen LogP) is 3.71. The van der Waals surface area contributed by atoms with Crippen LogP contribution in [0.5, 0.6) is 0 Å². The number of para-hydroxylation sites is 2. The molecule has 0 saturated heterocycles. The fourth-order valence-corrected chi connectivity index (χ4v) is 3.76. The molecule has 1 fully saturated rings. The van der Waals surface area contributed by atoms with E-state index in [0.29, 0.717) is 28.4 Å². The second-order valence-corrected chi connectivity index (χ2v) is 6.73. The standard InChI is InChI=1S/C20H20N4O/c1-13-15(11-21)19-23-17-9-5-6-10-18(17)24(19)20(25)16(13)12-22-14-7-3-2-4-8-14/h5-6,9-10,12,14,23H,2-4,7-8H2,1H3. The van der Waals surface area contributed by atoms with Crippen molar-refractivity contribution in [2.45, 2.75) is 45.1 Å². The molecular formula is C20H20N4O. The van der Waals surface area contributed by atoms with Gasteiger partial charge in [0.2, 0.25) is 0 Å². The molecule has 0 unspecified atom stereocenters. The van der Waals surface area contributed by atoms with Gasteiger partial charge in [-0.05, 0) is 37.5 Å². The first-order valence-electron chi connectivity index (χ1n) is 8.80. The summed E-state index contributed by atoms with van der Waals surface area (Å²) in [6.45, 7) is 1.83. The van der Waals surface area contributed by atoms with Crippen LogP contribution < -0.4 is 5.56 Å². The number of aromatic nitrogens is 2. The number of benzene rings is 1. The van der Waals surface area contributed by atoms with Crippen LogP contribution in [0.25, 0.3) is 16.7 Å². The molecule has 1 aliphatic carbocycles. The quantitative estimate of drug-likeness (QED) is 0.726. The number of hydrogen-bond donors (Lipinski definition) is 1. The lowest BCUT2D eigenvalue weighted by Crippen LogP contribution is -2.21. The summed E-state index contributed by atoms with van der Waals surface area (Å²) in [7, 11) is 0. The molecule has 4 rings (SSSR count). The zero-order valence-electron chi connectivity index (χ0n) is 14.2. The Labute approximate surface area is 145 Å². The second-order valence-electron chi connectivity index (χ2n) is 6.73. The summed E-state index contributed by atoms with van der Waals surface area (Å²) in [6.07, 6.45) is 7.53. The molecule has 0 radical (unpaired) electrons. The first-order chi connectivity index (χ1) is 12.2. The second kappa shape index (κ2) is 6.21. The Hall–Kier alpha value is -2.87. The maximum Gasteiger partial charge on any atom is 0.265 e. The number of H-pyrrole nitrogens is 1. The first kappa shape index (κ1) is 15.6. The third-order valence-electron chi connectivity index (χ3n) is 5.17. The van der Waals surface area contributed by atoms with Gasteiger partial charge in [0.05, 0.1) is 22.2 Å². The van der Waals surface area contributed by atoms with E-state index in [1.807, 2.05) is 31.2 Å². The van der Waals surface area contributed by atoms with Crippen molar-refractivity contribution in [3.05, 3.63) is 51.3 Å². The van der Waals surface area contributed by atoms with Crippen molar-refractivity contribution in [2.75, 3.05) is 0 Å². The lowest BCUT2D eigenvalue weighted by molar-refractivity contribution is 0.444. The molecule has 2 aromatic heterocycles. The maximum atomic E-state index is 13.1. The van der Waals surface area contributed by atoms with Crippen LogP contribution in [-0.2, 0) is 0 Å². The molecule has 0 amide bonds. The van der Waals surface area contributed by atoms with Crippen molar-refractivity contribution >= 4 is 22.9 Å². The van der Waals surface area contributed by atoms with Crippen LogP contribution in [0, 0.1) is 18.3 Å². The van der Waals surface area contributed by atoms with Crippen molar-refractivity contribution in [1.82, 2.24) is 9.38 Å². The summed E-state index contributed by atoms with van der Waals surface area (Å²) in [5, 5.41) is 9.64. The molecule has 0 atom stereocenters. The van der Waals surface area contributed by atoms with E-state index in [4.69, 9.17) is 0 Å². The normalized spacial score (nSPS) is 16.0. The summed E-state index contributed by atoms with van der Waals surface area (Å²) >= 11 is 0. The van der Waals surface area contributed by atoms with Crippen molar-refractivity contribution in [3.63, 3.8) is 0 Å². The number of aliphatic imine (C=N–C) groups is 1. The third-order valence-corrected chi connectivity index (χ3v) is 5.17. The molecule has 1 saturated carbocycles. The fourth-order valence-electron chi connectivity index (χ4n) is 3.76. The smallest absolute Gasteiger partial charge is 0.265 e. The fraction of sp³-hybridized carbons (Fsp3) is 0.350. The van der Waals surface area contributed by atoms with Gasteiger partial charge in [0.15, 0.2) is 0 Å². The van der Waals surface area contributed by atoms with Crippen LogP contribution in [0.4, 0.5) is 0 Å². The van der Waals surface area contributed by atoms with E-state index in [9.17, 15) is 10.1 Å². The first-order valence-corrected chi connectivity index (χ1v) is 8.80. The molecular weight excluding hydrogens is 312 g/mol. The van der Waals surface area contributed by atoms with Gasteiger partial charge in [-0.1, -0.05) is 31.4 Å². The van der Waals surface area contributed by atoms with E-state index in [-0.39, 0.29) is 5.56 Å². The van der Waals surface area contributed by atoms with E-state index in [1.54, 1.807) is 10.6 Å². The zero-order valence-corrected chi connectivity index (χ0v) is 14.2. The monoisotopic (exact) mass is 332 g/mol. The Morgan fingerprint density at radius 1 is 1.28 bits per heavy atom. The summed E-state index contributed by atoms with van der Waals surface area (Å²) in [5.41, 5.74) is 3.77. The van der Waals surface area contributed by atoms with Crippen molar-refractivity contribution in [2.24, 2.45) is 4.99 Å². The van der Waals surface area contributed by atoms with Gasteiger partial charge in [0, 0.05) is 12.3 Å². The molecule has 3 aromatic rings. The average Bonchev–Trinajstić information content (AvgIpc) is 3.02. The molecule has 0 aliphatic heterocycles. The van der Waals surface area contributed by atoms with Crippen LogP contribution in [0.1, 0.15) is 48.8 Å². The van der Waals surface area contributed by atoms with Gasteiger partial charge >= 0.3 is 0 Å². The highest BCUT2D eigenvalue weighted by atomic mass is 16.1. The van der Waals surface area contributed by atoms with E-state index >= 15 is 0 Å². The van der Waals surface area contributed by atoms with Gasteiger partial charge in [-0.25, -0.2) is 0 Å². The summed E-state index contributed by atoms with van der Waals surface area (Å²) in [6, 6.07) is 10.1. The SMILES string of the molecule is Cc1c(C=NC2CCCCC2)c(=O)n2c([nH]c3ccccc32)c1C#N. The number of nitriles is 1. The minimum absolute atomic E-state index is 0.122. The third kappa shape index (κ3) is 2.54. The largest absolute Gasteiger partial charge is 0.338 e. The highest BCUT2D eigenvalue weighted by Gasteiger charge is 2.18. The molecule has 25 heavy (non-hydrogen) atoms. The van der Waals surface area contributed by atoms with E-state index in [1.165, 1.54) is 19.3 Å². The van der Waals surface area contributed by atoms with E-state index in [0.717, 1.165) is 23.9 Å². The molecule has 1 aromatic carbocycles. The molecule has 2 heterocycles. The van der Waals surface area contributed by atoms with Crippen LogP contribution in [0.3, 0.4) is 0 Å². The Bertz CT molecular complexity index is 1070. The summed E-state index contributed by atoms with van der Waals surface area (Å²) in [5.74, 6) is 0. The Morgan fingerprint density at radius 3 is 2.80 bits per heavy atom. The Balaban J connectivity index is 1.95. The minimum Gasteiger partial charge on any atom is -0.338 e. The van der Waals surface area contributed by atoms with E-state index in [2.05, 4.69) is 16.0 Å². The van der Waals surface area contributed by atoms with Gasteiger partial charge < -0.3 is 4.98 Å². The van der Waals surface area contributed by atoms with Crippen LogP contribution in [0.2, 0.25) is 0 Å². The number of fused-ring (bicyclic) bond motifs is 3. The van der Waals surface area contributed by atoms with Crippen molar-refractivity contribution in [3.8, 4) is 6.07 Å². The maximum absolute atomic E-state index is 13.1.